The van der Waals surface area contributed by atoms with Crippen molar-refractivity contribution < 1.29 is 9.90 Å². The summed E-state index contributed by atoms with van der Waals surface area (Å²) in [7, 11) is 0. The first-order valence-electron chi connectivity index (χ1n) is 7.96. The number of aromatic nitrogens is 1. The van der Waals surface area contributed by atoms with E-state index >= 15 is 0 Å². The van der Waals surface area contributed by atoms with Gasteiger partial charge in [0.25, 0.3) is 0 Å². The number of rotatable bonds is 3. The van der Waals surface area contributed by atoms with Crippen LogP contribution in [0.1, 0.15) is 21.5 Å². The number of pyridine rings is 1. The number of nitrogens with zero attached hydrogens (tertiary/aromatic N) is 3. The molecule has 0 aliphatic carbocycles. The van der Waals surface area contributed by atoms with Crippen LogP contribution < -0.4 is 4.90 Å². The highest BCUT2D eigenvalue weighted by atomic mass is 16.4. The van der Waals surface area contributed by atoms with Crippen molar-refractivity contribution in [1.82, 2.24) is 9.88 Å². The SMILES string of the molecule is O=C(O)c1cnc2c(c1)CC1CN(Cc3ccccc3)CCN21. The molecule has 5 heteroatoms. The van der Waals surface area contributed by atoms with Gasteiger partial charge in [-0.15, -0.1) is 0 Å². The van der Waals surface area contributed by atoms with Crippen LogP contribution in [0.4, 0.5) is 5.82 Å². The molecular formula is C18H19N3O2. The fourth-order valence-electron chi connectivity index (χ4n) is 3.64. The summed E-state index contributed by atoms with van der Waals surface area (Å²) in [5, 5.41) is 9.12. The van der Waals surface area contributed by atoms with Gasteiger partial charge < -0.3 is 10.0 Å². The smallest absolute Gasteiger partial charge is 0.337 e. The molecule has 2 aliphatic rings. The zero-order valence-electron chi connectivity index (χ0n) is 12.9. The zero-order valence-corrected chi connectivity index (χ0v) is 12.9. The molecule has 5 nitrogen and oxygen atoms in total. The maximum absolute atomic E-state index is 11.1. The number of carbonyl (C=O) groups is 1. The van der Waals surface area contributed by atoms with Gasteiger partial charge in [-0.25, -0.2) is 9.78 Å². The largest absolute Gasteiger partial charge is 0.478 e. The van der Waals surface area contributed by atoms with E-state index in [0.717, 1.165) is 44.0 Å². The van der Waals surface area contributed by atoms with E-state index in [1.54, 1.807) is 6.07 Å². The molecule has 0 saturated carbocycles. The number of hydrogen-bond donors (Lipinski definition) is 1. The molecule has 23 heavy (non-hydrogen) atoms. The molecule has 0 radical (unpaired) electrons. The van der Waals surface area contributed by atoms with Gasteiger partial charge in [-0.2, -0.15) is 0 Å². The Bertz CT molecular complexity index is 732. The van der Waals surface area contributed by atoms with Crippen molar-refractivity contribution in [2.45, 2.75) is 19.0 Å². The summed E-state index contributed by atoms with van der Waals surface area (Å²) < 4.78 is 0. The zero-order chi connectivity index (χ0) is 15.8. The lowest BCUT2D eigenvalue weighted by molar-refractivity contribution is 0.0696. The Morgan fingerprint density at radius 1 is 1.26 bits per heavy atom. The monoisotopic (exact) mass is 309 g/mol. The minimum Gasteiger partial charge on any atom is -0.478 e. The van der Waals surface area contributed by atoms with E-state index in [2.05, 4.69) is 39.0 Å². The van der Waals surface area contributed by atoms with Crippen LogP contribution in [0.5, 0.6) is 0 Å². The van der Waals surface area contributed by atoms with Crippen LogP contribution in [0.3, 0.4) is 0 Å². The standard InChI is InChI=1S/C18H19N3O2/c22-18(23)15-8-14-9-16-12-20(11-13-4-2-1-3-5-13)6-7-21(16)17(14)19-10-15/h1-5,8,10,16H,6-7,9,11-12H2,(H,22,23). The van der Waals surface area contributed by atoms with Gasteiger partial charge in [0.2, 0.25) is 0 Å². The lowest BCUT2D eigenvalue weighted by Gasteiger charge is -2.38. The molecular weight excluding hydrogens is 290 g/mol. The fraction of sp³-hybridized carbons (Fsp3) is 0.333. The molecule has 1 N–H and O–H groups in total. The molecule has 1 atom stereocenters. The Hall–Kier alpha value is -2.40. The Morgan fingerprint density at radius 2 is 2.09 bits per heavy atom. The minimum atomic E-state index is -0.907. The first kappa shape index (κ1) is 14.2. The molecule has 1 aromatic heterocycles. The summed E-state index contributed by atoms with van der Waals surface area (Å²) in [5.41, 5.74) is 2.68. The van der Waals surface area contributed by atoms with Crippen molar-refractivity contribution in [3.8, 4) is 0 Å². The highest BCUT2D eigenvalue weighted by molar-refractivity contribution is 5.88. The topological polar surface area (TPSA) is 56.7 Å². The normalized spacial score (nSPS) is 20.2. The molecule has 1 fully saturated rings. The average Bonchev–Trinajstić information content (AvgIpc) is 2.92. The highest BCUT2D eigenvalue weighted by Gasteiger charge is 2.35. The van der Waals surface area contributed by atoms with Crippen LogP contribution in [0.15, 0.2) is 42.6 Å². The summed E-state index contributed by atoms with van der Waals surface area (Å²) >= 11 is 0. The van der Waals surface area contributed by atoms with E-state index in [1.165, 1.54) is 11.8 Å². The lowest BCUT2D eigenvalue weighted by Crippen LogP contribution is -2.51. The number of benzene rings is 1. The van der Waals surface area contributed by atoms with Gasteiger partial charge in [0.05, 0.1) is 5.56 Å². The second-order valence-electron chi connectivity index (χ2n) is 6.28. The summed E-state index contributed by atoms with van der Waals surface area (Å²) in [6.07, 6.45) is 2.36. The van der Waals surface area contributed by atoms with Crippen molar-refractivity contribution in [1.29, 1.82) is 0 Å². The second-order valence-corrected chi connectivity index (χ2v) is 6.28. The Balaban J connectivity index is 1.49. The van der Waals surface area contributed by atoms with E-state index in [1.807, 2.05) is 6.07 Å². The van der Waals surface area contributed by atoms with Crippen molar-refractivity contribution in [2.75, 3.05) is 24.5 Å². The van der Waals surface area contributed by atoms with E-state index in [9.17, 15) is 4.79 Å². The predicted octanol–water partition coefficient (Wildman–Crippen LogP) is 2.03. The third kappa shape index (κ3) is 2.68. The maximum atomic E-state index is 11.1. The summed E-state index contributed by atoms with van der Waals surface area (Å²) in [5.74, 6) is 0.0650. The first-order chi connectivity index (χ1) is 11.2. The van der Waals surface area contributed by atoms with Gasteiger partial charge in [0.1, 0.15) is 5.82 Å². The van der Waals surface area contributed by atoms with Gasteiger partial charge in [-0.1, -0.05) is 30.3 Å². The summed E-state index contributed by atoms with van der Waals surface area (Å²) in [6.45, 7) is 3.92. The van der Waals surface area contributed by atoms with Gasteiger partial charge in [0.15, 0.2) is 0 Å². The Labute approximate surface area is 135 Å². The molecule has 4 rings (SSSR count). The number of fused-ring (bicyclic) bond motifs is 3. The van der Waals surface area contributed by atoms with Crippen LogP contribution in [0.2, 0.25) is 0 Å². The van der Waals surface area contributed by atoms with Gasteiger partial charge in [-0.3, -0.25) is 4.90 Å². The molecule has 118 valence electrons. The molecule has 0 bridgehead atoms. The number of piperazine rings is 1. The van der Waals surface area contributed by atoms with Crippen molar-refractivity contribution in [3.05, 3.63) is 59.3 Å². The summed E-state index contributed by atoms with van der Waals surface area (Å²) in [6, 6.07) is 12.7. The molecule has 0 amide bonds. The average molecular weight is 309 g/mol. The molecule has 2 aromatic rings. The van der Waals surface area contributed by atoms with Crippen molar-refractivity contribution >= 4 is 11.8 Å². The van der Waals surface area contributed by atoms with Gasteiger partial charge >= 0.3 is 5.97 Å². The van der Waals surface area contributed by atoms with Crippen LogP contribution in [-0.2, 0) is 13.0 Å². The highest BCUT2D eigenvalue weighted by Crippen LogP contribution is 2.33. The molecule has 1 aromatic carbocycles. The lowest BCUT2D eigenvalue weighted by atomic mass is 10.1. The molecule has 3 heterocycles. The van der Waals surface area contributed by atoms with Crippen LogP contribution in [0, 0.1) is 0 Å². The Morgan fingerprint density at radius 3 is 2.87 bits per heavy atom. The van der Waals surface area contributed by atoms with E-state index < -0.39 is 5.97 Å². The number of carboxylic acid groups (broad SMARTS) is 1. The number of carboxylic acids is 1. The Kier molecular flexibility index (Phi) is 3.50. The molecule has 0 spiro atoms. The van der Waals surface area contributed by atoms with Gasteiger partial charge in [-0.05, 0) is 23.6 Å². The third-order valence-electron chi connectivity index (χ3n) is 4.73. The van der Waals surface area contributed by atoms with Crippen molar-refractivity contribution in [3.63, 3.8) is 0 Å². The number of anilines is 1. The maximum Gasteiger partial charge on any atom is 0.337 e. The molecule has 2 aliphatic heterocycles. The van der Waals surface area contributed by atoms with E-state index in [4.69, 9.17) is 5.11 Å². The van der Waals surface area contributed by atoms with Crippen LogP contribution in [-0.4, -0.2) is 46.6 Å². The number of hydrogen-bond acceptors (Lipinski definition) is 4. The first-order valence-corrected chi connectivity index (χ1v) is 7.96. The molecule has 1 unspecified atom stereocenters. The fourth-order valence-corrected chi connectivity index (χ4v) is 3.64. The minimum absolute atomic E-state index is 0.282. The van der Waals surface area contributed by atoms with Crippen LogP contribution in [0.25, 0.3) is 0 Å². The van der Waals surface area contributed by atoms with Gasteiger partial charge in [0, 0.05) is 38.4 Å². The van der Waals surface area contributed by atoms with Crippen LogP contribution >= 0.6 is 0 Å². The van der Waals surface area contributed by atoms with E-state index in [0.29, 0.717) is 6.04 Å². The second kappa shape index (κ2) is 5.66. The summed E-state index contributed by atoms with van der Waals surface area (Å²) in [4.78, 5) is 20.3. The van der Waals surface area contributed by atoms with Crippen molar-refractivity contribution in [2.24, 2.45) is 0 Å². The molecule has 1 saturated heterocycles. The van der Waals surface area contributed by atoms with E-state index in [-0.39, 0.29) is 5.56 Å². The number of aromatic carboxylic acids is 1. The predicted molar refractivity (Wildman–Crippen MR) is 87.8 cm³/mol. The third-order valence-corrected chi connectivity index (χ3v) is 4.73. The quantitative estimate of drug-likeness (QED) is 0.940.